The van der Waals surface area contributed by atoms with Gasteiger partial charge in [0.1, 0.15) is 0 Å². The van der Waals surface area contributed by atoms with Gasteiger partial charge < -0.3 is 176 Å². The van der Waals surface area contributed by atoms with Crippen molar-refractivity contribution in [3.8, 4) is 0 Å². The van der Waals surface area contributed by atoms with E-state index < -0.39 is 0 Å². The van der Waals surface area contributed by atoms with E-state index in [0.29, 0.717) is 51.7 Å². The largest absolute Gasteiger partial charge is 0.396 e. The van der Waals surface area contributed by atoms with Crippen molar-refractivity contribution < 1.29 is 41.0 Å². The second kappa shape index (κ2) is 103. The van der Waals surface area contributed by atoms with Crippen molar-refractivity contribution >= 4 is 0 Å². The zero-order valence-corrected chi connectivity index (χ0v) is 86.6. The first-order chi connectivity index (χ1) is 66.8. The number of nitrogens with two attached hydrogens (primary N) is 8. The third-order valence-corrected chi connectivity index (χ3v) is 26.9. The molecule has 816 valence electrons. The van der Waals surface area contributed by atoms with E-state index in [2.05, 4.69) is 110 Å². The maximum absolute atomic E-state index is 8.87. The number of β-amino-alcohol motifs (C(OH)–C–C–N with tert-alkyl or cyclic N) is 1. The number of piperazine rings is 8. The van der Waals surface area contributed by atoms with Crippen molar-refractivity contribution in [3.05, 3.63) is 0 Å². The fourth-order valence-corrected chi connectivity index (χ4v) is 17.5. The monoisotopic (exact) mass is 1950 g/mol. The molecule has 0 atom stereocenters. The van der Waals surface area contributed by atoms with Crippen LogP contribution in [0.3, 0.4) is 0 Å². The highest BCUT2D eigenvalue weighted by molar-refractivity contribution is 4.77. The molecule has 16 aliphatic rings. The van der Waals surface area contributed by atoms with E-state index in [9.17, 15) is 0 Å². The van der Waals surface area contributed by atoms with Crippen LogP contribution >= 0.6 is 0 Å². The Bertz CT molecular complexity index is 1940. The van der Waals surface area contributed by atoms with Crippen LogP contribution in [0, 0.1) is 35.5 Å². The zero-order chi connectivity index (χ0) is 98.8. The molecule has 0 aromatic carbocycles. The van der Waals surface area contributed by atoms with Crippen LogP contribution in [0.4, 0.5) is 0 Å². The summed E-state index contributed by atoms with van der Waals surface area (Å²) in [5.41, 5.74) is 38.1. The molecule has 0 radical (unpaired) electrons. The van der Waals surface area contributed by atoms with Gasteiger partial charge in [-0.05, 0) is 327 Å². The van der Waals surface area contributed by atoms with Gasteiger partial charge in [-0.25, -0.2) is 5.01 Å². The number of aliphatic hydroxyl groups is 7. The Morgan fingerprint density at radius 1 is 0.235 bits per heavy atom. The number of hydroxylamine groups is 2. The molecule has 16 rings (SSSR count). The SMILES string of the molecule is NC1CCNCC1.NCC1CCNCC1.NCCC1CCNCC1.NCCCC1CCNCC1.NCCCN1CCNCC1.NCCN1CCNCC1.NCN1CCNCC1.NN1CCNCC1.OC1CCNCC1.OCC1CCNCC1.OCCC1CCNCC1.OCCCC1CCNCC1.OCCCN1CCNCC1.OCCN1CCNCC1.OCN1CCNCC1.ON1CCNCC1. The second-order valence-electron chi connectivity index (χ2n) is 38.2. The molecule has 16 heterocycles. The number of hydrogen-bond acceptors (Lipinski definition) is 40. The van der Waals surface area contributed by atoms with Gasteiger partial charge in [0, 0.05) is 275 Å². The summed E-state index contributed by atoms with van der Waals surface area (Å²) >= 11 is 0. The van der Waals surface area contributed by atoms with Crippen LogP contribution < -0.4 is 131 Å². The minimum atomic E-state index is -0.0266. The third kappa shape index (κ3) is 86.7. The Morgan fingerprint density at radius 2 is 0.522 bits per heavy atom. The number of hydrazine groups is 1. The number of hydrogen-bond donors (Lipinski definition) is 32. The molecular formula is C96H224N32O8. The number of nitrogens with zero attached hydrogens (tertiary/aromatic N) is 8. The minimum absolute atomic E-state index is 0.0266. The first kappa shape index (κ1) is 132. The zero-order valence-electron chi connectivity index (χ0n) is 86.6. The van der Waals surface area contributed by atoms with Crippen molar-refractivity contribution in [1.29, 1.82) is 0 Å². The molecule has 40 heteroatoms. The van der Waals surface area contributed by atoms with Crippen molar-refractivity contribution in [1.82, 2.24) is 125 Å². The van der Waals surface area contributed by atoms with Crippen LogP contribution in [0.2, 0.25) is 0 Å². The molecule has 0 aliphatic carbocycles. The van der Waals surface area contributed by atoms with Gasteiger partial charge in [-0.2, -0.15) is 5.06 Å². The highest BCUT2D eigenvalue weighted by Crippen LogP contribution is 2.19. The van der Waals surface area contributed by atoms with Gasteiger partial charge in [0.15, 0.2) is 0 Å². The summed E-state index contributed by atoms with van der Waals surface area (Å²) in [4.78, 5) is 13.7. The second-order valence-corrected chi connectivity index (χ2v) is 38.2. The molecule has 16 saturated heterocycles. The average molecular weight is 1960 g/mol. The summed E-state index contributed by atoms with van der Waals surface area (Å²) in [5, 5.41) is 124. The van der Waals surface area contributed by atoms with Crippen LogP contribution in [0.5, 0.6) is 0 Å². The van der Waals surface area contributed by atoms with Crippen LogP contribution in [-0.4, -0.2) is 512 Å². The fraction of sp³-hybridized carbons (Fsp3) is 1.00. The first-order valence-corrected chi connectivity index (χ1v) is 54.6. The maximum atomic E-state index is 8.87. The molecule has 0 spiro atoms. The minimum Gasteiger partial charge on any atom is -0.396 e. The normalized spacial score (nSPS) is 22.9. The molecular weight excluding hydrogens is 1730 g/mol. The molecule has 0 saturated carbocycles. The summed E-state index contributed by atoms with van der Waals surface area (Å²) in [5.74, 6) is 10.4. The molecule has 0 bridgehead atoms. The highest BCUT2D eigenvalue weighted by Gasteiger charge is 2.19. The number of nitrogens with one attached hydrogen (secondary N) is 16. The Labute approximate surface area is 828 Å². The van der Waals surface area contributed by atoms with Gasteiger partial charge in [-0.3, -0.25) is 25.4 Å². The number of piperidine rings is 8. The van der Waals surface area contributed by atoms with Gasteiger partial charge in [-0.1, -0.05) is 0 Å². The summed E-state index contributed by atoms with van der Waals surface area (Å²) in [6.07, 6.45) is 28.5. The predicted molar refractivity (Wildman–Crippen MR) is 567 cm³/mol. The lowest BCUT2D eigenvalue weighted by molar-refractivity contribution is -0.0976. The van der Waals surface area contributed by atoms with E-state index in [-0.39, 0.29) is 12.8 Å². The Balaban J connectivity index is 0.000000726. The summed E-state index contributed by atoms with van der Waals surface area (Å²) < 4.78 is 0. The molecule has 40 N–H and O–H groups in total. The molecule has 16 fully saturated rings. The van der Waals surface area contributed by atoms with E-state index in [1.165, 1.54) is 167 Å². The van der Waals surface area contributed by atoms with E-state index in [4.69, 9.17) is 86.9 Å². The van der Waals surface area contributed by atoms with Crippen molar-refractivity contribution in [2.75, 3.05) is 419 Å². The molecule has 0 aromatic heterocycles. The van der Waals surface area contributed by atoms with Crippen LogP contribution in [0.1, 0.15) is 154 Å². The highest BCUT2D eigenvalue weighted by atomic mass is 16.5. The van der Waals surface area contributed by atoms with Gasteiger partial charge >= 0.3 is 0 Å². The third-order valence-electron chi connectivity index (χ3n) is 26.9. The average Bonchev–Trinajstić information content (AvgIpc) is 0.965. The lowest BCUT2D eigenvalue weighted by atomic mass is 9.93. The van der Waals surface area contributed by atoms with Crippen LogP contribution in [0.15, 0.2) is 0 Å². The number of rotatable bonds is 24. The maximum Gasteiger partial charge on any atom is 0.0957 e. The summed E-state index contributed by atoms with van der Waals surface area (Å²) in [6, 6.07) is 0.473. The van der Waals surface area contributed by atoms with E-state index in [1.807, 2.05) is 9.91 Å². The molecule has 0 unspecified atom stereocenters. The van der Waals surface area contributed by atoms with Gasteiger partial charge in [0.25, 0.3) is 0 Å². The lowest BCUT2D eigenvalue weighted by Gasteiger charge is -2.26. The predicted octanol–water partition coefficient (Wildman–Crippen LogP) is -6.52. The van der Waals surface area contributed by atoms with Crippen molar-refractivity contribution in [2.24, 2.45) is 81.5 Å². The Hall–Kier alpha value is -1.60. The quantitative estimate of drug-likeness (QED) is 0.0400. The molecule has 0 amide bonds. The standard InChI is InChI=1S/C8H18N2.C8H17NO.C7H17N3.C7H16N2O.C7H16N2.C7H15NO.C6H15N3.C6H14N2O.C6H14N2.C6H13NO.C5H13N3.C5H12N2O.C5H12N2.C5H11NO.C4H11N3.C4H10N2O/c9-5-1-2-8-3-6-10-7-4-8;10-7-1-2-8-3-5-9-6-4-8;8-2-1-5-10-6-3-9-4-7-10;10-7-1-4-9-5-2-8-3-6-9;8-4-1-7-2-5-9-6-3-7;9-6-3-7-1-4-8-5-2-7;7-1-4-9-5-2-8-3-6-9;9-6-5-8-3-1-7-2-4-8;7-5-6-1-3-8-4-2-6;8-5-6-1-3-7-4-2-6;6-5-8-3-1-7-2-4-8;8-5-7-3-1-6-2-4-7;6-5-1-3-7-4-2-5;7-5-1-3-6-4-2-5;5-7-3-1-6-2-4-7;7-6-3-1-5-2-4-6/h8,10H,1-7,9H2;8-10H,1-7H2;9H,1-8H2;8,10H,1-7H2;7,9H,1-6,8H2;7-9H,1-6H2;8H,1-7H2;7,9H,1-6H2;6,8H,1-5,7H2;6-8H,1-5H2;7H,1-6H2;6,8H,1-5H2;5,7H,1-4,6H2;5-7H,1-4H2;6H,1-5H2;5,7H,1-4H2. The first-order valence-electron chi connectivity index (χ1n) is 54.6. The Morgan fingerprint density at radius 3 is 0.757 bits per heavy atom. The fourth-order valence-electron chi connectivity index (χ4n) is 17.5. The van der Waals surface area contributed by atoms with Crippen LogP contribution in [0.25, 0.3) is 0 Å². The van der Waals surface area contributed by atoms with Gasteiger partial charge in [0.05, 0.1) is 19.4 Å². The Kier molecular flexibility index (Phi) is 101. The van der Waals surface area contributed by atoms with E-state index >= 15 is 0 Å². The van der Waals surface area contributed by atoms with Crippen LogP contribution in [-0.2, 0) is 0 Å². The molecule has 136 heavy (non-hydrogen) atoms. The van der Waals surface area contributed by atoms with Gasteiger partial charge in [-0.15, -0.1) is 0 Å². The van der Waals surface area contributed by atoms with Gasteiger partial charge in [0.2, 0.25) is 0 Å². The molecule has 0 aromatic rings. The molecule has 40 nitrogen and oxygen atoms in total. The smallest absolute Gasteiger partial charge is 0.0957 e. The van der Waals surface area contributed by atoms with Crippen molar-refractivity contribution in [2.45, 2.75) is 166 Å². The van der Waals surface area contributed by atoms with E-state index in [0.717, 1.165) is 395 Å². The topological polar surface area (TPSA) is 588 Å². The number of aliphatic hydroxyl groups excluding tert-OH is 7. The molecule has 16 aliphatic heterocycles. The lowest BCUT2D eigenvalue weighted by Crippen LogP contribution is -2.47. The summed E-state index contributed by atoms with van der Waals surface area (Å²) in [7, 11) is 0. The summed E-state index contributed by atoms with van der Waals surface area (Å²) in [6.45, 7) is 63.0. The van der Waals surface area contributed by atoms with Crippen molar-refractivity contribution in [3.63, 3.8) is 0 Å². The van der Waals surface area contributed by atoms with E-state index in [1.54, 1.807) is 0 Å².